The minimum absolute atomic E-state index is 0.238. The normalized spacial score (nSPS) is 12.3. The molecule has 0 atom stereocenters. The number of hydrogen-bond acceptors (Lipinski definition) is 1. The van der Waals surface area contributed by atoms with Crippen molar-refractivity contribution in [1.82, 2.24) is 0 Å². The van der Waals surface area contributed by atoms with Gasteiger partial charge in [-0.15, -0.1) is 0 Å². The van der Waals surface area contributed by atoms with Crippen molar-refractivity contribution in [3.63, 3.8) is 0 Å². The lowest BCUT2D eigenvalue weighted by Crippen LogP contribution is -2.29. The number of hydrogen-bond donors (Lipinski definition) is 0. The average Bonchev–Trinajstić information content (AvgIpc) is 2.08. The highest BCUT2D eigenvalue weighted by Crippen LogP contribution is 2.25. The van der Waals surface area contributed by atoms with Gasteiger partial charge in [0.2, 0.25) is 0 Å². The van der Waals surface area contributed by atoms with Crippen LogP contribution in [-0.4, -0.2) is 16.1 Å². The molecule has 0 rings (SSSR count). The van der Waals surface area contributed by atoms with Crippen LogP contribution in [0.5, 0.6) is 0 Å². The summed E-state index contributed by atoms with van der Waals surface area (Å²) in [4.78, 5) is 0. The molecule has 0 aromatic carbocycles. The second kappa shape index (κ2) is 5.78. The Hall–Kier alpha value is 0.177. The molecule has 0 aliphatic carbocycles. The van der Waals surface area contributed by atoms with E-state index in [0.717, 1.165) is 10.5 Å². The van der Waals surface area contributed by atoms with Crippen LogP contribution in [0.1, 0.15) is 52.9 Å². The van der Waals surface area contributed by atoms with Gasteiger partial charge in [-0.2, -0.15) is 0 Å². The van der Waals surface area contributed by atoms with Gasteiger partial charge in [0.1, 0.15) is 10.5 Å². The first-order valence-corrected chi connectivity index (χ1v) is 5.61. The van der Waals surface area contributed by atoms with Gasteiger partial charge in [0.15, 0.2) is 0 Å². The third kappa shape index (κ3) is 3.39. The minimum atomic E-state index is 0.238. The van der Waals surface area contributed by atoms with E-state index in [1.807, 2.05) is 0 Å². The maximum absolute atomic E-state index is 5.68. The zero-order valence-corrected chi connectivity index (χ0v) is 10.4. The van der Waals surface area contributed by atoms with E-state index in [-0.39, 0.29) is 5.60 Å². The standard InChI is InChI=1S/C9H22OSi/c1-4-7-8-9(5-2,6-3)10-11/h4-8H2,1-3,11H3. The Morgan fingerprint density at radius 1 is 1.18 bits per heavy atom. The van der Waals surface area contributed by atoms with E-state index in [4.69, 9.17) is 4.43 Å². The lowest BCUT2D eigenvalue weighted by Gasteiger charge is -2.30. The van der Waals surface area contributed by atoms with Gasteiger partial charge < -0.3 is 4.43 Å². The van der Waals surface area contributed by atoms with Crippen LogP contribution in [0.3, 0.4) is 0 Å². The molecule has 0 spiro atoms. The van der Waals surface area contributed by atoms with Crippen LogP contribution in [0, 0.1) is 0 Å². The van der Waals surface area contributed by atoms with E-state index >= 15 is 0 Å². The maximum atomic E-state index is 5.68. The Kier molecular flexibility index (Phi) is 5.87. The fraction of sp³-hybridized carbons (Fsp3) is 1.00. The fourth-order valence-electron chi connectivity index (χ4n) is 1.49. The van der Waals surface area contributed by atoms with E-state index < -0.39 is 0 Å². The zero-order chi connectivity index (χ0) is 8.74. The van der Waals surface area contributed by atoms with Crippen LogP contribution in [0.25, 0.3) is 0 Å². The van der Waals surface area contributed by atoms with Crippen molar-refractivity contribution in [2.45, 2.75) is 58.5 Å². The molecule has 0 aliphatic rings. The molecule has 0 aromatic rings. The van der Waals surface area contributed by atoms with E-state index in [1.165, 1.54) is 32.1 Å². The predicted octanol–water partition coefficient (Wildman–Crippen LogP) is 2.03. The van der Waals surface area contributed by atoms with Crippen LogP contribution in [-0.2, 0) is 4.43 Å². The summed E-state index contributed by atoms with van der Waals surface area (Å²) in [5.74, 6) is 0. The van der Waals surface area contributed by atoms with Crippen molar-refractivity contribution in [3.05, 3.63) is 0 Å². The molecule has 0 saturated carbocycles. The smallest absolute Gasteiger partial charge is 0.146 e. The summed E-state index contributed by atoms with van der Waals surface area (Å²) in [6.07, 6.45) is 6.19. The summed E-state index contributed by atoms with van der Waals surface area (Å²) in [5, 5.41) is 0. The molecular weight excluding hydrogens is 152 g/mol. The van der Waals surface area contributed by atoms with Crippen molar-refractivity contribution in [2.75, 3.05) is 0 Å². The summed E-state index contributed by atoms with van der Waals surface area (Å²) >= 11 is 0. The summed E-state index contributed by atoms with van der Waals surface area (Å²) in [7, 11) is 0.882. The third-order valence-corrected chi connectivity index (χ3v) is 3.57. The van der Waals surface area contributed by atoms with Crippen molar-refractivity contribution < 1.29 is 4.43 Å². The Labute approximate surface area is 74.1 Å². The lowest BCUT2D eigenvalue weighted by molar-refractivity contribution is 0.0589. The van der Waals surface area contributed by atoms with Crippen molar-refractivity contribution >= 4 is 10.5 Å². The van der Waals surface area contributed by atoms with E-state index in [2.05, 4.69) is 20.8 Å². The molecule has 0 heterocycles. The van der Waals surface area contributed by atoms with Crippen LogP contribution < -0.4 is 0 Å². The second-order valence-corrected chi connectivity index (χ2v) is 3.61. The second-order valence-electron chi connectivity index (χ2n) is 3.20. The summed E-state index contributed by atoms with van der Waals surface area (Å²) in [6, 6.07) is 0. The SMILES string of the molecule is CCCCC(CC)(CC)O[SiH3]. The van der Waals surface area contributed by atoms with Crippen LogP contribution in [0.4, 0.5) is 0 Å². The van der Waals surface area contributed by atoms with E-state index in [9.17, 15) is 0 Å². The van der Waals surface area contributed by atoms with Gasteiger partial charge in [-0.05, 0) is 19.3 Å². The summed E-state index contributed by atoms with van der Waals surface area (Å²) < 4.78 is 5.68. The maximum Gasteiger partial charge on any atom is 0.146 e. The topological polar surface area (TPSA) is 9.23 Å². The molecule has 0 radical (unpaired) electrons. The van der Waals surface area contributed by atoms with Crippen LogP contribution >= 0.6 is 0 Å². The molecule has 1 nitrogen and oxygen atoms in total. The third-order valence-electron chi connectivity index (χ3n) is 2.71. The average molecular weight is 174 g/mol. The van der Waals surface area contributed by atoms with Gasteiger partial charge in [0.05, 0.1) is 5.60 Å². The van der Waals surface area contributed by atoms with Crippen molar-refractivity contribution in [3.8, 4) is 0 Å². The predicted molar refractivity (Wildman–Crippen MR) is 53.9 cm³/mol. The number of unbranched alkanes of at least 4 members (excludes halogenated alkanes) is 1. The van der Waals surface area contributed by atoms with Gasteiger partial charge in [0.25, 0.3) is 0 Å². The summed E-state index contributed by atoms with van der Waals surface area (Å²) in [6.45, 7) is 6.71. The first-order chi connectivity index (χ1) is 5.24. The van der Waals surface area contributed by atoms with Gasteiger partial charge in [-0.25, -0.2) is 0 Å². The van der Waals surface area contributed by atoms with Crippen LogP contribution in [0.15, 0.2) is 0 Å². The fourth-order valence-corrected chi connectivity index (χ4v) is 2.27. The molecule has 0 aromatic heterocycles. The highest BCUT2D eigenvalue weighted by molar-refractivity contribution is 5.98. The Balaban J connectivity index is 3.84. The molecule has 0 bridgehead atoms. The molecule has 0 aliphatic heterocycles. The summed E-state index contributed by atoms with van der Waals surface area (Å²) in [5.41, 5.74) is 0.238. The molecule has 11 heavy (non-hydrogen) atoms. The minimum Gasteiger partial charge on any atom is -0.422 e. The molecule has 0 fully saturated rings. The van der Waals surface area contributed by atoms with Gasteiger partial charge >= 0.3 is 0 Å². The molecule has 0 saturated heterocycles. The van der Waals surface area contributed by atoms with Crippen molar-refractivity contribution in [1.29, 1.82) is 0 Å². The highest BCUT2D eigenvalue weighted by Gasteiger charge is 2.23. The highest BCUT2D eigenvalue weighted by atomic mass is 28.2. The monoisotopic (exact) mass is 174 g/mol. The first-order valence-electron chi connectivity index (χ1n) is 4.79. The molecule has 0 unspecified atom stereocenters. The Morgan fingerprint density at radius 2 is 1.73 bits per heavy atom. The molecule has 2 heteroatoms. The lowest BCUT2D eigenvalue weighted by atomic mass is 9.91. The quantitative estimate of drug-likeness (QED) is 0.560. The number of rotatable bonds is 6. The van der Waals surface area contributed by atoms with Gasteiger partial charge in [-0.1, -0.05) is 33.6 Å². The molecule has 68 valence electrons. The zero-order valence-electron chi connectivity index (χ0n) is 8.44. The molecular formula is C9H22OSi. The first kappa shape index (κ1) is 11.2. The molecule has 0 N–H and O–H groups in total. The van der Waals surface area contributed by atoms with Gasteiger partial charge in [-0.3, -0.25) is 0 Å². The molecule has 0 amide bonds. The van der Waals surface area contributed by atoms with E-state index in [1.54, 1.807) is 0 Å². The van der Waals surface area contributed by atoms with Crippen LogP contribution in [0.2, 0.25) is 0 Å². The Morgan fingerprint density at radius 3 is 2.00 bits per heavy atom. The largest absolute Gasteiger partial charge is 0.422 e. The van der Waals surface area contributed by atoms with Crippen molar-refractivity contribution in [2.24, 2.45) is 0 Å². The Bertz CT molecular complexity index is 81.3. The van der Waals surface area contributed by atoms with E-state index in [0.29, 0.717) is 0 Å². The van der Waals surface area contributed by atoms with Gasteiger partial charge in [0, 0.05) is 0 Å².